The van der Waals surface area contributed by atoms with Gasteiger partial charge in [0.15, 0.2) is 9.93 Å². The fraction of sp³-hybridized carbons (Fsp3) is 0.176. The first-order chi connectivity index (χ1) is 49.3. The molecule has 11 aromatic rings. The van der Waals surface area contributed by atoms with Gasteiger partial charge in [0.1, 0.15) is 5.88 Å². The third-order valence-electron chi connectivity index (χ3n) is 13.5. The van der Waals surface area contributed by atoms with Gasteiger partial charge in [-0.1, -0.05) is 127 Å². The number of amides is 2. The molecule has 18 nitrogen and oxygen atoms in total. The number of rotatable bonds is 14. The van der Waals surface area contributed by atoms with Gasteiger partial charge in [-0.3, -0.25) is 28.3 Å². The van der Waals surface area contributed by atoms with E-state index in [9.17, 15) is 14.4 Å². The zero-order chi connectivity index (χ0) is 76.6. The molecule has 0 aliphatic heterocycles. The van der Waals surface area contributed by atoms with E-state index in [0.29, 0.717) is 0 Å². The minimum absolute atomic E-state index is 0. The summed E-state index contributed by atoms with van der Waals surface area (Å²) in [6.07, 6.45) is 3.79. The second-order valence-corrected chi connectivity index (χ2v) is 26.9. The summed E-state index contributed by atoms with van der Waals surface area (Å²) in [5.74, 6) is 2.33. The maximum absolute atomic E-state index is 12.5. The maximum atomic E-state index is 12.5. The van der Waals surface area contributed by atoms with Crippen LogP contribution in [0.1, 0.15) is 19.7 Å². The van der Waals surface area contributed by atoms with Gasteiger partial charge in [-0.2, -0.15) is 4.99 Å². The Bertz CT molecular complexity index is 4720. The van der Waals surface area contributed by atoms with E-state index >= 15 is 0 Å². The van der Waals surface area contributed by atoms with E-state index < -0.39 is 5.24 Å². The van der Waals surface area contributed by atoms with Crippen molar-refractivity contribution in [1.82, 2.24) is 19.1 Å². The van der Waals surface area contributed by atoms with E-state index in [1.807, 2.05) is 130 Å². The number of thiocarbonyl (C=S) groups is 1. The molecule has 31 heteroatoms. The number of aryl methyl sites for hydroxylation is 2. The number of isothiocyanates is 1. The first kappa shape index (κ1) is 98.3. The molecular formula is C74H76Br3Cl5K2N12O6S3. The molecule has 11 rings (SSSR count). The molecule has 0 saturated heterocycles. The molecule has 0 aliphatic rings. The van der Waals surface area contributed by atoms with Crippen molar-refractivity contribution in [3.63, 3.8) is 0 Å². The summed E-state index contributed by atoms with van der Waals surface area (Å²) in [5.41, 5.74) is 21.2. The van der Waals surface area contributed by atoms with Gasteiger partial charge >= 0.3 is 103 Å². The molecule has 0 spiro atoms. The molecule has 0 fully saturated rings. The van der Waals surface area contributed by atoms with Gasteiger partial charge in [0, 0.05) is 141 Å². The Labute approximate surface area is 764 Å². The van der Waals surface area contributed by atoms with E-state index in [1.165, 1.54) is 50.4 Å². The van der Waals surface area contributed by atoms with Crippen LogP contribution in [0.15, 0.2) is 218 Å². The van der Waals surface area contributed by atoms with Crippen LogP contribution in [0.3, 0.4) is 0 Å². The van der Waals surface area contributed by atoms with E-state index in [4.69, 9.17) is 86.0 Å². The maximum Gasteiger partial charge on any atom is 1.00 e. The average Bonchev–Trinajstić information content (AvgIpc) is 1.48. The number of para-hydroxylation sites is 3. The zero-order valence-electron chi connectivity index (χ0n) is 60.4. The largest absolute Gasteiger partial charge is 1.00 e. The summed E-state index contributed by atoms with van der Waals surface area (Å²) >= 11 is 45.9. The van der Waals surface area contributed by atoms with Crippen LogP contribution in [0, 0.1) is 30.6 Å². The normalized spacial score (nSPS) is 9.47. The number of hydrogen-bond acceptors (Lipinski definition) is 16. The average molecular weight is 1820 g/mol. The number of imidazole rings is 2. The second kappa shape index (κ2) is 54.8. The molecule has 2 amide bonds. The number of benzene rings is 9. The monoisotopic (exact) mass is 1810 g/mol. The SMILES string of the molecule is CC#CN.CN(C)c1ccc(N=C=S)c2ccccc12.Cc1c[nH]c(=S)n1-c1ccc(N(C)C)c2ccccc12.Cc1cnc(SCC(=O)Nc2ccccc2Br)n1-c1ccc(N(C)C)c2ccccc12.ClCCl.Nc1ccccc1Br.O=C(CCl)Nc1ccccc1Br.O=C(Cl)CCl.O=CO[O-].[H-].[K+].[K+]. The Morgan fingerprint density at radius 3 is 1.38 bits per heavy atom. The van der Waals surface area contributed by atoms with Crippen LogP contribution in [0.25, 0.3) is 43.7 Å². The number of carbonyl (C=O) groups is 4. The Morgan fingerprint density at radius 1 is 0.638 bits per heavy atom. The predicted molar refractivity (Wildman–Crippen MR) is 450 cm³/mol. The van der Waals surface area contributed by atoms with Gasteiger partial charge in [-0.05, 0) is 177 Å². The molecule has 0 radical (unpaired) electrons. The standard InChI is InChI=1S/C24H23BrN4OS.C16H17N3S.C13H12N2S.C8H7BrClNO.C6H6BrN.C3H5N.C2H2Cl2O.CH2Cl2.CH2O3.2K.H/c1-16-14-26-24(31-15-23(30)27-20-11-7-6-10-19(20)25)29(16)22-13-12-21(28(2)3)17-8-4-5-9-18(17)22;1-11-10-17-16(20)19(11)15-9-8-14(18(2)3)12-6-4-5-7-13(12)15;1-15(2)13-8-7-12(14-9-16)10-5-3-4-6-11(10)13;9-6-3-1-2-4-7(6)11-8(12)5-10;7-5-3-1-2-4-6(5)8;1-2-3-4;3-1-2(4)5;2-1-3;2-1-4-3;;;/h4-14H,15H2,1-3H3,(H,27,30);4-10H,1-3H3,(H,17,20);3-8H,1-2H3;1-4H,5H2,(H,11,12);1-4H,8H2;4H2,1H3;1H2;1H2;1,3H;;;/q;;;;;;;;;2*+1;-1/p-1. The van der Waals surface area contributed by atoms with Crippen molar-refractivity contribution in [3.8, 4) is 23.3 Å². The smallest absolute Gasteiger partial charge is 1.00 e. The molecule has 0 saturated carbocycles. The number of anilines is 6. The van der Waals surface area contributed by atoms with Crippen LogP contribution in [-0.2, 0) is 24.1 Å². The van der Waals surface area contributed by atoms with Crippen LogP contribution in [0.2, 0.25) is 0 Å². The molecule has 0 atom stereocenters. The molecule has 2 aromatic heterocycles. The van der Waals surface area contributed by atoms with Crippen LogP contribution >= 0.6 is 142 Å². The number of aliphatic imine (C=N–C) groups is 1. The van der Waals surface area contributed by atoms with Gasteiger partial charge in [0.2, 0.25) is 17.1 Å². The number of fused-ring (bicyclic) bond motifs is 3. The van der Waals surface area contributed by atoms with Crippen LogP contribution in [0.4, 0.5) is 39.8 Å². The number of nitrogen functional groups attached to an aromatic ring is 1. The molecule has 9 aromatic carbocycles. The molecule has 0 unspecified atom stereocenters. The molecular weight excluding hydrogens is 1740 g/mol. The zero-order valence-corrected chi connectivity index (χ0v) is 76.6. The van der Waals surface area contributed by atoms with Crippen LogP contribution < -0.4 is 145 Å². The first-order valence-corrected chi connectivity index (χ1v) is 37.0. The topological polar surface area (TPSA) is 237 Å². The summed E-state index contributed by atoms with van der Waals surface area (Å²) in [7, 11) is 12.3. The Balaban J connectivity index is 0.00000129. The van der Waals surface area contributed by atoms with Gasteiger partial charge in [0.25, 0.3) is 6.47 Å². The Kier molecular flexibility index (Phi) is 51.3. The third kappa shape index (κ3) is 33.2. The number of nitrogens with two attached hydrogens (primary N) is 2. The molecule has 0 bridgehead atoms. The summed E-state index contributed by atoms with van der Waals surface area (Å²) < 4.78 is 7.60. The number of hydrogen-bond donors (Lipinski definition) is 5. The number of thioether (sulfide) groups is 1. The van der Waals surface area contributed by atoms with Crippen molar-refractivity contribution >= 4 is 243 Å². The van der Waals surface area contributed by atoms with Crippen molar-refractivity contribution in [3.05, 3.63) is 224 Å². The number of halogens is 8. The molecule has 7 N–H and O–H groups in total. The van der Waals surface area contributed by atoms with Gasteiger partial charge in [0.05, 0.1) is 50.6 Å². The molecule has 105 heavy (non-hydrogen) atoms. The fourth-order valence-corrected chi connectivity index (χ4v) is 11.5. The van der Waals surface area contributed by atoms with Gasteiger partial charge < -0.3 is 53.4 Å². The fourth-order valence-electron chi connectivity index (χ4n) is 9.17. The Hall–Kier alpha value is -4.69. The predicted octanol–water partition coefficient (Wildman–Crippen LogP) is 13.1. The number of aromatic nitrogens is 4. The minimum atomic E-state index is -0.508. The van der Waals surface area contributed by atoms with E-state index in [-0.39, 0.29) is 145 Å². The number of alkyl halides is 4. The first-order valence-electron chi connectivity index (χ1n) is 30.3. The number of nitrogens with one attached hydrogen (secondary N) is 3. The van der Waals surface area contributed by atoms with Crippen LogP contribution in [0.5, 0.6) is 0 Å². The summed E-state index contributed by atoms with van der Waals surface area (Å²) in [4.78, 5) is 62.2. The van der Waals surface area contributed by atoms with Crippen molar-refractivity contribution in [2.24, 2.45) is 10.7 Å². The summed E-state index contributed by atoms with van der Waals surface area (Å²) in [5, 5.41) is 24.0. The number of H-pyrrole nitrogens is 1. The number of aromatic amines is 1. The summed E-state index contributed by atoms with van der Waals surface area (Å²) in [6, 6.07) is 62.3. The van der Waals surface area contributed by atoms with Crippen LogP contribution in [-0.4, -0.2) is 113 Å². The minimum Gasteiger partial charge on any atom is -1.00 e. The van der Waals surface area contributed by atoms with E-state index in [2.05, 4.69) is 251 Å². The Morgan fingerprint density at radius 2 is 1.02 bits per heavy atom. The second-order valence-electron chi connectivity index (χ2n) is 21.1. The van der Waals surface area contributed by atoms with Gasteiger partial charge in [-0.15, -0.1) is 46.4 Å². The number of nitrogens with zero attached hydrogens (tertiary/aromatic N) is 7. The van der Waals surface area contributed by atoms with E-state index in [0.717, 1.165) is 79.6 Å². The van der Waals surface area contributed by atoms with E-state index in [1.54, 1.807) is 13.0 Å². The quantitative estimate of drug-likeness (QED) is 0.00553. The molecule has 0 aliphatic carbocycles. The van der Waals surface area contributed by atoms with Gasteiger partial charge in [-0.25, -0.2) is 4.98 Å². The molecule has 544 valence electrons. The van der Waals surface area contributed by atoms with Crippen molar-refractivity contribution in [1.29, 1.82) is 0 Å². The molecule has 2 heterocycles. The number of carbonyl (C=O) groups excluding carboxylic acids is 4. The van der Waals surface area contributed by atoms with Crippen molar-refractivity contribution in [2.45, 2.75) is 25.9 Å². The van der Waals surface area contributed by atoms with Crippen molar-refractivity contribution in [2.75, 3.05) is 96.2 Å². The van der Waals surface area contributed by atoms with Crippen molar-refractivity contribution < 1.29 is 134 Å². The summed E-state index contributed by atoms with van der Waals surface area (Å²) in [6.45, 7) is 5.60. The third-order valence-corrected chi connectivity index (χ3v) is 17.7.